The minimum atomic E-state index is -0.625. The van der Waals surface area contributed by atoms with Crippen LogP contribution in [0.15, 0.2) is 22.7 Å². The van der Waals surface area contributed by atoms with E-state index in [0.717, 1.165) is 29.8 Å². The zero-order valence-corrected chi connectivity index (χ0v) is 15.8. The molecule has 1 atom stereocenters. The van der Waals surface area contributed by atoms with E-state index in [4.69, 9.17) is 14.0 Å². The van der Waals surface area contributed by atoms with Gasteiger partial charge in [0.2, 0.25) is 5.89 Å². The van der Waals surface area contributed by atoms with Gasteiger partial charge >= 0.3 is 0 Å². The van der Waals surface area contributed by atoms with E-state index in [1.165, 1.54) is 0 Å². The summed E-state index contributed by atoms with van der Waals surface area (Å²) >= 11 is 0. The number of nitrogens with zero attached hydrogens (tertiary/aromatic N) is 3. The Morgan fingerprint density at radius 3 is 2.93 bits per heavy atom. The number of aromatic nitrogens is 4. The molecule has 2 aliphatic rings. The largest absolute Gasteiger partial charge is 0.486 e. The summed E-state index contributed by atoms with van der Waals surface area (Å²) in [7, 11) is 0. The number of H-pyrrole nitrogens is 1. The molecule has 1 amide bonds. The number of nitrogens with one attached hydrogen (secondary N) is 3. The first-order valence-corrected chi connectivity index (χ1v) is 9.46. The quantitative estimate of drug-likeness (QED) is 0.597. The summed E-state index contributed by atoms with van der Waals surface area (Å²) in [6.45, 7) is 4.15. The third-order valence-corrected chi connectivity index (χ3v) is 5.00. The number of aromatic amines is 1. The third-order valence-electron chi connectivity index (χ3n) is 5.00. The second-order valence-corrected chi connectivity index (χ2v) is 6.94. The maximum atomic E-state index is 13.1. The van der Waals surface area contributed by atoms with E-state index < -0.39 is 6.04 Å². The average molecular weight is 396 g/mol. The zero-order valence-electron chi connectivity index (χ0n) is 15.8. The van der Waals surface area contributed by atoms with E-state index in [2.05, 4.69) is 31.0 Å². The Labute approximate surface area is 166 Å². The van der Waals surface area contributed by atoms with Crippen molar-refractivity contribution in [2.75, 3.05) is 19.8 Å². The molecule has 10 nitrogen and oxygen atoms in total. The monoisotopic (exact) mass is 396 g/mol. The second kappa shape index (κ2) is 7.21. The first-order valence-electron chi connectivity index (χ1n) is 9.46. The van der Waals surface area contributed by atoms with Crippen LogP contribution < -0.4 is 20.1 Å². The zero-order chi connectivity index (χ0) is 19.8. The van der Waals surface area contributed by atoms with Gasteiger partial charge in [0.05, 0.1) is 0 Å². The van der Waals surface area contributed by atoms with Gasteiger partial charge in [0, 0.05) is 37.7 Å². The van der Waals surface area contributed by atoms with Crippen LogP contribution in [0.1, 0.15) is 45.1 Å². The molecule has 3 N–H and O–H groups in total. The van der Waals surface area contributed by atoms with E-state index in [1.807, 2.05) is 18.2 Å². The standard InChI is InChI=1S/C19H20N6O4/c1-10-21-18(25-29-10)16(11-2-3-14-15(8-11)28-7-6-27-14)22-19(26)17-12-9-20-5-4-13(12)23-24-17/h2-3,8,16,20H,4-7,9H2,1H3,(H,22,26)(H,23,24). The number of rotatable bonds is 4. The summed E-state index contributed by atoms with van der Waals surface area (Å²) in [6, 6.07) is 4.87. The minimum absolute atomic E-state index is 0.312. The van der Waals surface area contributed by atoms with Gasteiger partial charge in [-0.25, -0.2) is 0 Å². The van der Waals surface area contributed by atoms with Gasteiger partial charge < -0.3 is 24.6 Å². The van der Waals surface area contributed by atoms with Crippen molar-refractivity contribution in [1.29, 1.82) is 0 Å². The number of benzene rings is 1. The molecule has 1 aromatic carbocycles. The van der Waals surface area contributed by atoms with Crippen LogP contribution in [-0.4, -0.2) is 46.0 Å². The maximum Gasteiger partial charge on any atom is 0.272 e. The van der Waals surface area contributed by atoms with E-state index in [9.17, 15) is 4.79 Å². The van der Waals surface area contributed by atoms with Crippen molar-refractivity contribution in [3.8, 4) is 11.5 Å². The van der Waals surface area contributed by atoms with Crippen LogP contribution in [0.2, 0.25) is 0 Å². The summed E-state index contributed by atoms with van der Waals surface area (Å²) in [5.74, 6) is 1.75. The van der Waals surface area contributed by atoms with Gasteiger partial charge in [-0.15, -0.1) is 0 Å². The lowest BCUT2D eigenvalue weighted by Gasteiger charge is -2.21. The van der Waals surface area contributed by atoms with Crippen molar-refractivity contribution in [2.24, 2.45) is 0 Å². The first kappa shape index (κ1) is 17.7. The molecule has 0 bridgehead atoms. The van der Waals surface area contributed by atoms with Gasteiger partial charge in [-0.05, 0) is 17.7 Å². The Morgan fingerprint density at radius 1 is 1.24 bits per heavy atom. The fourth-order valence-electron chi connectivity index (χ4n) is 3.58. The number of carbonyl (C=O) groups excluding carboxylic acids is 1. The fourth-order valence-corrected chi connectivity index (χ4v) is 3.58. The Kier molecular flexibility index (Phi) is 4.39. The first-order chi connectivity index (χ1) is 14.2. The van der Waals surface area contributed by atoms with E-state index in [-0.39, 0.29) is 5.91 Å². The summed E-state index contributed by atoms with van der Waals surface area (Å²) in [4.78, 5) is 17.4. The maximum absolute atomic E-state index is 13.1. The lowest BCUT2D eigenvalue weighted by Crippen LogP contribution is -2.32. The van der Waals surface area contributed by atoms with Gasteiger partial charge in [0.15, 0.2) is 23.0 Å². The Hall–Kier alpha value is -3.40. The van der Waals surface area contributed by atoms with Crippen LogP contribution in [0.4, 0.5) is 0 Å². The number of amides is 1. The highest BCUT2D eigenvalue weighted by Crippen LogP contribution is 2.34. The van der Waals surface area contributed by atoms with Crippen LogP contribution >= 0.6 is 0 Å². The number of carbonyl (C=O) groups is 1. The molecule has 0 aliphatic carbocycles. The predicted octanol–water partition coefficient (Wildman–Crippen LogP) is 1.04. The van der Waals surface area contributed by atoms with E-state index >= 15 is 0 Å². The highest BCUT2D eigenvalue weighted by molar-refractivity contribution is 5.94. The smallest absolute Gasteiger partial charge is 0.272 e. The summed E-state index contributed by atoms with van der Waals surface area (Å²) in [5, 5.41) is 17.5. The van der Waals surface area contributed by atoms with Crippen molar-refractivity contribution < 1.29 is 18.8 Å². The van der Waals surface area contributed by atoms with E-state index in [1.54, 1.807) is 6.92 Å². The summed E-state index contributed by atoms with van der Waals surface area (Å²) < 4.78 is 16.4. The molecule has 0 saturated carbocycles. The third kappa shape index (κ3) is 3.31. The SMILES string of the molecule is Cc1nc(C(NC(=O)c2n[nH]c3c2CNCC3)c2ccc3c(c2)OCCO3)no1. The predicted molar refractivity (Wildman–Crippen MR) is 99.8 cm³/mol. The lowest BCUT2D eigenvalue weighted by atomic mass is 10.0. The molecular formula is C19H20N6O4. The van der Waals surface area contributed by atoms with Crippen molar-refractivity contribution in [3.63, 3.8) is 0 Å². The van der Waals surface area contributed by atoms with Crippen molar-refractivity contribution in [3.05, 3.63) is 52.4 Å². The molecule has 2 aliphatic heterocycles. The Morgan fingerprint density at radius 2 is 2.10 bits per heavy atom. The molecule has 5 rings (SSSR count). The highest BCUT2D eigenvalue weighted by atomic mass is 16.6. The average Bonchev–Trinajstić information content (AvgIpc) is 3.38. The van der Waals surface area contributed by atoms with Crippen molar-refractivity contribution >= 4 is 5.91 Å². The molecule has 0 fully saturated rings. The van der Waals surface area contributed by atoms with Crippen LogP contribution in [-0.2, 0) is 13.0 Å². The fraction of sp³-hybridized carbons (Fsp3) is 0.368. The molecule has 2 aromatic heterocycles. The molecule has 150 valence electrons. The van der Waals surface area contributed by atoms with Crippen LogP contribution in [0, 0.1) is 6.92 Å². The van der Waals surface area contributed by atoms with Gasteiger partial charge in [-0.3, -0.25) is 9.89 Å². The number of aryl methyl sites for hydroxylation is 1. The molecule has 0 saturated heterocycles. The van der Waals surface area contributed by atoms with Crippen LogP contribution in [0.25, 0.3) is 0 Å². The number of ether oxygens (including phenoxy) is 2. The lowest BCUT2D eigenvalue weighted by molar-refractivity contribution is 0.0934. The van der Waals surface area contributed by atoms with Crippen molar-refractivity contribution in [1.82, 2.24) is 31.0 Å². The second-order valence-electron chi connectivity index (χ2n) is 6.94. The van der Waals surface area contributed by atoms with E-state index in [0.29, 0.717) is 48.7 Å². The number of hydrogen-bond donors (Lipinski definition) is 3. The summed E-state index contributed by atoms with van der Waals surface area (Å²) in [6.07, 6.45) is 0.811. The highest BCUT2D eigenvalue weighted by Gasteiger charge is 2.28. The number of fused-ring (bicyclic) bond motifs is 2. The van der Waals surface area contributed by atoms with Crippen LogP contribution in [0.5, 0.6) is 11.5 Å². The molecule has 4 heterocycles. The topological polar surface area (TPSA) is 127 Å². The Bertz CT molecular complexity index is 1060. The molecule has 0 radical (unpaired) electrons. The molecule has 29 heavy (non-hydrogen) atoms. The van der Waals surface area contributed by atoms with Crippen molar-refractivity contribution in [2.45, 2.75) is 25.9 Å². The molecule has 10 heteroatoms. The summed E-state index contributed by atoms with van der Waals surface area (Å²) in [5.41, 5.74) is 3.00. The van der Waals surface area contributed by atoms with Gasteiger partial charge in [-0.2, -0.15) is 10.1 Å². The molecule has 1 unspecified atom stereocenters. The molecule has 3 aromatic rings. The minimum Gasteiger partial charge on any atom is -0.486 e. The molecular weight excluding hydrogens is 376 g/mol. The Balaban J connectivity index is 1.48. The normalized spacial score (nSPS) is 16.2. The van der Waals surface area contributed by atoms with Gasteiger partial charge in [-0.1, -0.05) is 11.2 Å². The van der Waals surface area contributed by atoms with Gasteiger partial charge in [0.25, 0.3) is 5.91 Å². The number of hydrogen-bond acceptors (Lipinski definition) is 8. The van der Waals surface area contributed by atoms with Crippen LogP contribution in [0.3, 0.4) is 0 Å². The molecule has 0 spiro atoms. The van der Waals surface area contributed by atoms with Gasteiger partial charge in [0.1, 0.15) is 19.3 Å².